The third kappa shape index (κ3) is 4.88. The van der Waals surface area contributed by atoms with Crippen LogP contribution in [0.3, 0.4) is 0 Å². The van der Waals surface area contributed by atoms with Gasteiger partial charge in [0.1, 0.15) is 0 Å². The highest BCUT2D eigenvalue weighted by Gasteiger charge is 2.12. The van der Waals surface area contributed by atoms with Crippen molar-refractivity contribution in [1.82, 2.24) is 0 Å². The molecule has 0 fully saturated rings. The zero-order valence-electron chi connectivity index (χ0n) is 11.3. The number of unbranched alkanes of at least 4 members (excludes halogenated alkanes) is 3. The summed E-state index contributed by atoms with van der Waals surface area (Å²) in [5.74, 6) is 0.219. The standard InChI is InChI=1S/C15H24N2O/c1-2-17(14-10-6-5-7-11-14)15(18)12-8-3-4-9-13-16/h5-7,10-11H,2-4,8-9,12-13,16H2,1H3. The van der Waals surface area contributed by atoms with E-state index in [9.17, 15) is 4.79 Å². The number of anilines is 1. The van der Waals surface area contributed by atoms with Crippen LogP contribution in [0.4, 0.5) is 5.69 Å². The molecular formula is C15H24N2O. The Kier molecular flexibility index (Phi) is 7.11. The van der Waals surface area contributed by atoms with Gasteiger partial charge in [0, 0.05) is 18.7 Å². The van der Waals surface area contributed by atoms with E-state index in [1.165, 1.54) is 0 Å². The van der Waals surface area contributed by atoms with E-state index in [0.29, 0.717) is 6.42 Å². The lowest BCUT2D eigenvalue weighted by atomic mass is 10.1. The number of para-hydroxylation sites is 1. The molecule has 0 aliphatic rings. The Balaban J connectivity index is 2.39. The van der Waals surface area contributed by atoms with E-state index in [1.807, 2.05) is 42.2 Å². The van der Waals surface area contributed by atoms with Crippen LogP contribution in [-0.4, -0.2) is 19.0 Å². The minimum atomic E-state index is 0.219. The van der Waals surface area contributed by atoms with E-state index in [4.69, 9.17) is 5.73 Å². The second-order valence-corrected chi connectivity index (χ2v) is 4.43. The third-order valence-corrected chi connectivity index (χ3v) is 3.03. The quantitative estimate of drug-likeness (QED) is 0.719. The Labute approximate surface area is 110 Å². The highest BCUT2D eigenvalue weighted by molar-refractivity contribution is 5.93. The van der Waals surface area contributed by atoms with Crippen LogP contribution in [0.2, 0.25) is 0 Å². The lowest BCUT2D eigenvalue weighted by Crippen LogP contribution is -2.30. The van der Waals surface area contributed by atoms with Gasteiger partial charge in [0.25, 0.3) is 0 Å². The zero-order valence-corrected chi connectivity index (χ0v) is 11.3. The Hall–Kier alpha value is -1.35. The maximum absolute atomic E-state index is 12.1. The molecule has 1 amide bonds. The van der Waals surface area contributed by atoms with Crippen molar-refractivity contribution in [2.45, 2.75) is 39.0 Å². The third-order valence-electron chi connectivity index (χ3n) is 3.03. The maximum Gasteiger partial charge on any atom is 0.226 e. The van der Waals surface area contributed by atoms with Crippen molar-refractivity contribution in [3.63, 3.8) is 0 Å². The molecule has 0 aromatic heterocycles. The van der Waals surface area contributed by atoms with Gasteiger partial charge in [-0.25, -0.2) is 0 Å². The molecule has 0 aliphatic heterocycles. The monoisotopic (exact) mass is 248 g/mol. The van der Waals surface area contributed by atoms with Crippen molar-refractivity contribution < 1.29 is 4.79 Å². The van der Waals surface area contributed by atoms with Crippen molar-refractivity contribution in [2.75, 3.05) is 18.0 Å². The number of rotatable bonds is 8. The van der Waals surface area contributed by atoms with Gasteiger partial charge >= 0.3 is 0 Å². The number of benzene rings is 1. The van der Waals surface area contributed by atoms with E-state index < -0.39 is 0 Å². The largest absolute Gasteiger partial charge is 0.330 e. The molecule has 0 radical (unpaired) electrons. The first-order chi connectivity index (χ1) is 8.79. The fraction of sp³-hybridized carbons (Fsp3) is 0.533. The number of carbonyl (C=O) groups is 1. The summed E-state index contributed by atoms with van der Waals surface area (Å²) < 4.78 is 0. The van der Waals surface area contributed by atoms with Crippen LogP contribution in [0.15, 0.2) is 30.3 Å². The number of carbonyl (C=O) groups excluding carboxylic acids is 1. The molecule has 18 heavy (non-hydrogen) atoms. The van der Waals surface area contributed by atoms with Crippen LogP contribution >= 0.6 is 0 Å². The minimum Gasteiger partial charge on any atom is -0.330 e. The van der Waals surface area contributed by atoms with E-state index in [-0.39, 0.29) is 5.91 Å². The van der Waals surface area contributed by atoms with Gasteiger partial charge in [-0.1, -0.05) is 31.0 Å². The summed E-state index contributed by atoms with van der Waals surface area (Å²) in [5.41, 5.74) is 6.43. The molecule has 100 valence electrons. The van der Waals surface area contributed by atoms with Gasteiger partial charge in [-0.05, 0) is 38.4 Å². The average molecular weight is 248 g/mol. The van der Waals surface area contributed by atoms with E-state index in [2.05, 4.69) is 0 Å². The second-order valence-electron chi connectivity index (χ2n) is 4.43. The number of amides is 1. The Bertz CT molecular complexity index is 338. The van der Waals surface area contributed by atoms with Crippen LogP contribution in [0.25, 0.3) is 0 Å². The maximum atomic E-state index is 12.1. The van der Waals surface area contributed by atoms with Gasteiger partial charge < -0.3 is 10.6 Å². The van der Waals surface area contributed by atoms with E-state index in [1.54, 1.807) is 0 Å². The normalized spacial score (nSPS) is 10.3. The van der Waals surface area contributed by atoms with Crippen LogP contribution in [0, 0.1) is 0 Å². The Morgan fingerprint density at radius 3 is 2.39 bits per heavy atom. The SMILES string of the molecule is CCN(C(=O)CCCCCCN)c1ccccc1. The van der Waals surface area contributed by atoms with Crippen molar-refractivity contribution in [1.29, 1.82) is 0 Å². The predicted octanol–water partition coefficient (Wildman–Crippen LogP) is 2.95. The minimum absolute atomic E-state index is 0.219. The van der Waals surface area contributed by atoms with Gasteiger partial charge in [0.2, 0.25) is 5.91 Å². The first kappa shape index (κ1) is 14.7. The van der Waals surface area contributed by atoms with Crippen LogP contribution in [0.5, 0.6) is 0 Å². The average Bonchev–Trinajstić information content (AvgIpc) is 2.40. The molecule has 1 aromatic carbocycles. The molecule has 0 saturated carbocycles. The van der Waals surface area contributed by atoms with E-state index in [0.717, 1.165) is 44.5 Å². The van der Waals surface area contributed by atoms with Crippen molar-refractivity contribution in [3.05, 3.63) is 30.3 Å². The molecule has 1 rings (SSSR count). The molecule has 2 N–H and O–H groups in total. The first-order valence-corrected chi connectivity index (χ1v) is 6.85. The lowest BCUT2D eigenvalue weighted by Gasteiger charge is -2.21. The second kappa shape index (κ2) is 8.70. The van der Waals surface area contributed by atoms with Gasteiger partial charge in [-0.15, -0.1) is 0 Å². The number of hydrogen-bond donors (Lipinski definition) is 1. The van der Waals surface area contributed by atoms with Crippen LogP contribution in [0.1, 0.15) is 39.0 Å². The number of nitrogens with two attached hydrogens (primary N) is 1. The molecule has 0 spiro atoms. The van der Waals surface area contributed by atoms with Gasteiger partial charge in [-0.3, -0.25) is 4.79 Å². The fourth-order valence-corrected chi connectivity index (χ4v) is 2.02. The van der Waals surface area contributed by atoms with Gasteiger partial charge in [0.05, 0.1) is 0 Å². The van der Waals surface area contributed by atoms with Gasteiger partial charge in [0.15, 0.2) is 0 Å². The molecular weight excluding hydrogens is 224 g/mol. The van der Waals surface area contributed by atoms with Crippen molar-refractivity contribution >= 4 is 11.6 Å². The molecule has 3 nitrogen and oxygen atoms in total. The molecule has 0 bridgehead atoms. The number of hydrogen-bond acceptors (Lipinski definition) is 2. The highest BCUT2D eigenvalue weighted by Crippen LogP contribution is 2.15. The topological polar surface area (TPSA) is 46.3 Å². The molecule has 1 aromatic rings. The van der Waals surface area contributed by atoms with Gasteiger partial charge in [-0.2, -0.15) is 0 Å². The summed E-state index contributed by atoms with van der Waals surface area (Å²) in [4.78, 5) is 14.0. The summed E-state index contributed by atoms with van der Waals surface area (Å²) in [6.07, 6.45) is 4.87. The lowest BCUT2D eigenvalue weighted by molar-refractivity contribution is -0.118. The summed E-state index contributed by atoms with van der Waals surface area (Å²) in [7, 11) is 0. The fourth-order valence-electron chi connectivity index (χ4n) is 2.02. The Morgan fingerprint density at radius 1 is 1.11 bits per heavy atom. The Morgan fingerprint density at radius 2 is 1.78 bits per heavy atom. The van der Waals surface area contributed by atoms with Crippen molar-refractivity contribution in [2.24, 2.45) is 5.73 Å². The predicted molar refractivity (Wildman–Crippen MR) is 76.6 cm³/mol. The smallest absolute Gasteiger partial charge is 0.226 e. The summed E-state index contributed by atoms with van der Waals surface area (Å²) >= 11 is 0. The molecule has 3 heteroatoms. The molecule has 0 unspecified atom stereocenters. The molecule has 0 atom stereocenters. The molecule has 0 saturated heterocycles. The summed E-state index contributed by atoms with van der Waals surface area (Å²) in [6, 6.07) is 9.86. The zero-order chi connectivity index (χ0) is 13.2. The number of nitrogens with zero attached hydrogens (tertiary/aromatic N) is 1. The molecule has 0 heterocycles. The highest BCUT2D eigenvalue weighted by atomic mass is 16.2. The summed E-state index contributed by atoms with van der Waals surface area (Å²) in [6.45, 7) is 3.49. The van der Waals surface area contributed by atoms with E-state index >= 15 is 0 Å². The van der Waals surface area contributed by atoms with Crippen LogP contribution < -0.4 is 10.6 Å². The van der Waals surface area contributed by atoms with Crippen molar-refractivity contribution in [3.8, 4) is 0 Å². The molecule has 0 aliphatic carbocycles. The first-order valence-electron chi connectivity index (χ1n) is 6.85. The summed E-state index contributed by atoms with van der Waals surface area (Å²) in [5, 5.41) is 0. The van der Waals surface area contributed by atoms with Crippen LogP contribution in [-0.2, 0) is 4.79 Å².